The van der Waals surface area contributed by atoms with Crippen molar-refractivity contribution < 1.29 is 19.0 Å². The summed E-state index contributed by atoms with van der Waals surface area (Å²) in [5, 5.41) is 0. The van der Waals surface area contributed by atoms with Gasteiger partial charge in [0, 0.05) is 12.8 Å². The van der Waals surface area contributed by atoms with Gasteiger partial charge in [0.15, 0.2) is 23.0 Å². The molecule has 4 nitrogen and oxygen atoms in total. The summed E-state index contributed by atoms with van der Waals surface area (Å²) < 4.78 is 17.8. The molecule has 4 bridgehead atoms. The van der Waals surface area contributed by atoms with E-state index in [4.69, 9.17) is 14.2 Å². The van der Waals surface area contributed by atoms with Crippen molar-refractivity contribution in [2.45, 2.75) is 52.4 Å². The molecular formula is C25H30O4. The molecule has 0 fully saturated rings. The topological polar surface area (TPSA) is 44.8 Å². The lowest BCUT2D eigenvalue weighted by molar-refractivity contribution is -0.119. The second-order valence-electron chi connectivity index (χ2n) is 7.71. The first kappa shape index (κ1) is 21.0. The minimum Gasteiger partial charge on any atom is -0.493 e. The summed E-state index contributed by atoms with van der Waals surface area (Å²) in [7, 11) is 1.65. The van der Waals surface area contributed by atoms with Crippen LogP contribution in [0, 0.1) is 0 Å². The van der Waals surface area contributed by atoms with Gasteiger partial charge in [0.25, 0.3) is 0 Å². The number of benzene rings is 2. The molecule has 0 atom stereocenters. The lowest BCUT2D eigenvalue weighted by atomic mass is 10.0. The second kappa shape index (κ2) is 10.1. The van der Waals surface area contributed by atoms with Crippen molar-refractivity contribution in [3.63, 3.8) is 0 Å². The molecule has 3 rings (SSSR count). The number of Topliss-reactive ketones (excluding diaryl/α,β-unsaturated/α-hetero) is 1. The van der Waals surface area contributed by atoms with Gasteiger partial charge in [-0.15, -0.1) is 0 Å². The number of ketones is 1. The molecule has 0 unspecified atom stereocenters. The lowest BCUT2D eigenvalue weighted by Gasteiger charge is -2.16. The summed E-state index contributed by atoms with van der Waals surface area (Å²) in [5.74, 6) is 3.02. The number of hydrogen-bond donors (Lipinski definition) is 0. The summed E-state index contributed by atoms with van der Waals surface area (Å²) in [6.07, 6.45) is 6.77. The number of methoxy groups -OCH3 is 1. The van der Waals surface area contributed by atoms with Crippen molar-refractivity contribution in [2.75, 3.05) is 13.7 Å². The van der Waals surface area contributed by atoms with Crippen molar-refractivity contribution >= 4 is 5.78 Å². The maximum absolute atomic E-state index is 12.2. The standard InChI is InChI=1S/C25H30O4/c1-18(2)14-15-28-23-13-10-20-8-11-21(26)7-5-4-6-19-9-12-22(27-3)24(16-19)29-25(23)17-20/h9-10,12-14,16-17H,4-8,11,15H2,1-3H3. The molecule has 0 saturated carbocycles. The van der Waals surface area contributed by atoms with Crippen LogP contribution in [0.1, 0.15) is 50.7 Å². The SMILES string of the molecule is COc1ccc2cc1Oc1cc(ccc1OCC=C(C)C)CCC(=O)CCCC2. The second-order valence-corrected chi connectivity index (χ2v) is 7.71. The van der Waals surface area contributed by atoms with Crippen LogP contribution in [-0.2, 0) is 17.6 Å². The van der Waals surface area contributed by atoms with Gasteiger partial charge in [0.05, 0.1) is 7.11 Å². The van der Waals surface area contributed by atoms with Gasteiger partial charge in [-0.25, -0.2) is 0 Å². The van der Waals surface area contributed by atoms with E-state index >= 15 is 0 Å². The molecule has 0 spiro atoms. The molecule has 0 N–H and O–H groups in total. The Kier molecular flexibility index (Phi) is 7.34. The Morgan fingerprint density at radius 2 is 1.59 bits per heavy atom. The van der Waals surface area contributed by atoms with Crippen molar-refractivity contribution in [1.82, 2.24) is 0 Å². The highest BCUT2D eigenvalue weighted by Crippen LogP contribution is 2.38. The van der Waals surface area contributed by atoms with Crippen LogP contribution in [0.2, 0.25) is 0 Å². The quantitative estimate of drug-likeness (QED) is 0.591. The van der Waals surface area contributed by atoms with E-state index in [0.717, 1.165) is 24.8 Å². The largest absolute Gasteiger partial charge is 0.493 e. The van der Waals surface area contributed by atoms with E-state index in [-0.39, 0.29) is 0 Å². The first-order chi connectivity index (χ1) is 14.0. The summed E-state index contributed by atoms with van der Waals surface area (Å²) in [6.45, 7) is 4.57. The van der Waals surface area contributed by atoms with Gasteiger partial charge in [-0.3, -0.25) is 4.79 Å². The van der Waals surface area contributed by atoms with E-state index < -0.39 is 0 Å². The molecular weight excluding hydrogens is 364 g/mol. The van der Waals surface area contributed by atoms with Crippen LogP contribution >= 0.6 is 0 Å². The molecule has 2 aromatic rings. The van der Waals surface area contributed by atoms with Gasteiger partial charge < -0.3 is 14.2 Å². The van der Waals surface area contributed by atoms with Crippen LogP contribution in [0.4, 0.5) is 0 Å². The van der Waals surface area contributed by atoms with Crippen LogP contribution in [0.5, 0.6) is 23.0 Å². The zero-order chi connectivity index (χ0) is 20.6. The van der Waals surface area contributed by atoms with E-state index in [1.165, 1.54) is 11.1 Å². The number of fused-ring (bicyclic) bond motifs is 4. The Morgan fingerprint density at radius 3 is 2.31 bits per heavy atom. The normalized spacial score (nSPS) is 14.4. The Hall–Kier alpha value is -2.75. The molecule has 0 radical (unpaired) electrons. The third-order valence-electron chi connectivity index (χ3n) is 5.05. The molecule has 154 valence electrons. The van der Waals surface area contributed by atoms with Crippen LogP contribution in [-0.4, -0.2) is 19.5 Å². The van der Waals surface area contributed by atoms with E-state index in [1.54, 1.807) is 7.11 Å². The molecule has 1 aliphatic rings. The van der Waals surface area contributed by atoms with Crippen molar-refractivity contribution in [3.8, 4) is 23.0 Å². The van der Waals surface area contributed by atoms with Crippen molar-refractivity contribution in [1.29, 1.82) is 0 Å². The summed E-state index contributed by atoms with van der Waals surface area (Å²) in [6, 6.07) is 11.9. The van der Waals surface area contributed by atoms with Crippen LogP contribution in [0.25, 0.3) is 0 Å². The average Bonchev–Trinajstić information content (AvgIpc) is 2.70. The number of ether oxygens (including phenoxy) is 3. The molecule has 0 saturated heterocycles. The fraction of sp³-hybridized carbons (Fsp3) is 0.400. The molecule has 1 aliphatic heterocycles. The molecule has 1 heterocycles. The minimum absolute atomic E-state index is 0.323. The maximum atomic E-state index is 12.2. The zero-order valence-electron chi connectivity index (χ0n) is 17.6. The van der Waals surface area contributed by atoms with Crippen LogP contribution in [0.3, 0.4) is 0 Å². The Bertz CT molecular complexity index is 878. The van der Waals surface area contributed by atoms with Gasteiger partial charge in [-0.2, -0.15) is 0 Å². The molecule has 29 heavy (non-hydrogen) atoms. The van der Waals surface area contributed by atoms with E-state index in [9.17, 15) is 4.79 Å². The van der Waals surface area contributed by atoms with E-state index in [0.29, 0.717) is 54.7 Å². The zero-order valence-corrected chi connectivity index (χ0v) is 17.6. The van der Waals surface area contributed by atoms with Gasteiger partial charge in [0.2, 0.25) is 0 Å². The highest BCUT2D eigenvalue weighted by atomic mass is 16.5. The number of rotatable bonds is 4. The predicted molar refractivity (Wildman–Crippen MR) is 115 cm³/mol. The Labute approximate surface area is 173 Å². The van der Waals surface area contributed by atoms with Gasteiger partial charge in [0.1, 0.15) is 12.4 Å². The summed E-state index contributed by atoms with van der Waals surface area (Å²) >= 11 is 0. The van der Waals surface area contributed by atoms with Crippen molar-refractivity contribution in [2.24, 2.45) is 0 Å². The number of allylic oxidation sites excluding steroid dienone is 1. The molecule has 0 aromatic heterocycles. The minimum atomic E-state index is 0.323. The molecule has 0 amide bonds. The van der Waals surface area contributed by atoms with Crippen molar-refractivity contribution in [3.05, 3.63) is 59.2 Å². The molecule has 2 aromatic carbocycles. The van der Waals surface area contributed by atoms with E-state index in [2.05, 4.69) is 6.07 Å². The predicted octanol–water partition coefficient (Wildman–Crippen LogP) is 6.06. The Balaban J connectivity index is 1.96. The Morgan fingerprint density at radius 1 is 0.931 bits per heavy atom. The van der Waals surface area contributed by atoms with Gasteiger partial charge in [-0.05, 0) is 81.0 Å². The number of carbonyl (C=O) groups excluding carboxylic acids is 1. The molecule has 0 aliphatic carbocycles. The molecule has 4 heteroatoms. The van der Waals surface area contributed by atoms with Gasteiger partial charge in [-0.1, -0.05) is 17.7 Å². The number of hydrogen-bond acceptors (Lipinski definition) is 4. The van der Waals surface area contributed by atoms with Gasteiger partial charge >= 0.3 is 0 Å². The maximum Gasteiger partial charge on any atom is 0.169 e. The highest BCUT2D eigenvalue weighted by Gasteiger charge is 2.14. The first-order valence-corrected chi connectivity index (χ1v) is 10.3. The smallest absolute Gasteiger partial charge is 0.169 e. The average molecular weight is 395 g/mol. The fourth-order valence-corrected chi connectivity index (χ4v) is 3.34. The number of aryl methyl sites for hydroxylation is 2. The summed E-state index contributed by atoms with van der Waals surface area (Å²) in [4.78, 5) is 12.2. The fourth-order valence-electron chi connectivity index (χ4n) is 3.34. The van der Waals surface area contributed by atoms with E-state index in [1.807, 2.05) is 50.3 Å². The van der Waals surface area contributed by atoms with Crippen LogP contribution in [0.15, 0.2) is 48.0 Å². The highest BCUT2D eigenvalue weighted by molar-refractivity contribution is 5.78. The third kappa shape index (κ3) is 6.11. The first-order valence-electron chi connectivity index (χ1n) is 10.3. The third-order valence-corrected chi connectivity index (χ3v) is 5.05. The number of carbonyl (C=O) groups is 1. The monoisotopic (exact) mass is 394 g/mol. The summed E-state index contributed by atoms with van der Waals surface area (Å²) in [5.41, 5.74) is 3.44. The van der Waals surface area contributed by atoms with Crippen LogP contribution < -0.4 is 14.2 Å². The lowest BCUT2D eigenvalue weighted by Crippen LogP contribution is -2.03.